The molecule has 0 aromatic heterocycles. The Balaban J connectivity index is 1.79. The summed E-state index contributed by atoms with van der Waals surface area (Å²) in [5, 5.41) is 28.8. The van der Waals surface area contributed by atoms with Crippen LogP contribution in [0.4, 0.5) is 0 Å². The minimum Gasteiger partial charge on any atom is -0.423 e. The van der Waals surface area contributed by atoms with Crippen LogP contribution in [0.25, 0.3) is 54.2 Å². The molecule has 0 heterocycles. The molecule has 6 aromatic carbocycles. The van der Waals surface area contributed by atoms with Gasteiger partial charge in [0.05, 0.1) is 0 Å². The summed E-state index contributed by atoms with van der Waals surface area (Å²) in [5.74, 6) is 0. The largest absolute Gasteiger partial charge is 0.489 e. The predicted molar refractivity (Wildman–Crippen MR) is 123 cm³/mol. The number of hydrogen-bond acceptors (Lipinski definition) is 2. The first-order valence-electron chi connectivity index (χ1n) is 9.77. The van der Waals surface area contributed by atoms with Crippen LogP contribution in [-0.2, 0) is 0 Å². The van der Waals surface area contributed by atoms with Gasteiger partial charge in [-0.3, -0.25) is 0 Å². The zero-order chi connectivity index (χ0) is 19.5. The molecule has 0 saturated heterocycles. The Labute approximate surface area is 168 Å². The zero-order valence-electron chi connectivity index (χ0n) is 15.6. The van der Waals surface area contributed by atoms with Crippen LogP contribution in [0.3, 0.4) is 0 Å². The van der Waals surface area contributed by atoms with Crippen LogP contribution >= 0.6 is 0 Å². The monoisotopic (exact) mass is 372 g/mol. The molecule has 0 spiro atoms. The molecule has 2 nitrogen and oxygen atoms in total. The molecule has 136 valence electrons. The molecule has 29 heavy (non-hydrogen) atoms. The van der Waals surface area contributed by atoms with Crippen molar-refractivity contribution < 1.29 is 10.0 Å². The summed E-state index contributed by atoms with van der Waals surface area (Å²) in [4.78, 5) is 0. The molecule has 0 radical (unpaired) electrons. The second-order valence-electron chi connectivity index (χ2n) is 7.59. The summed E-state index contributed by atoms with van der Waals surface area (Å²) in [6, 6.07) is 31.4. The van der Waals surface area contributed by atoms with E-state index in [0.29, 0.717) is 5.46 Å². The maximum atomic E-state index is 9.86. The topological polar surface area (TPSA) is 40.5 Å². The fraction of sp³-hybridized carbons (Fsp3) is 0. The normalized spacial score (nSPS) is 11.8. The zero-order valence-corrected chi connectivity index (χ0v) is 15.6. The van der Waals surface area contributed by atoms with Gasteiger partial charge in [0.25, 0.3) is 0 Å². The smallest absolute Gasteiger partial charge is 0.423 e. The van der Waals surface area contributed by atoms with Gasteiger partial charge in [-0.05, 0) is 59.7 Å². The van der Waals surface area contributed by atoms with Crippen LogP contribution in [0.2, 0.25) is 0 Å². The molecule has 0 aliphatic rings. The summed E-state index contributed by atoms with van der Waals surface area (Å²) >= 11 is 0. The van der Waals surface area contributed by atoms with Gasteiger partial charge in [0.2, 0.25) is 0 Å². The Morgan fingerprint density at radius 3 is 1.90 bits per heavy atom. The molecule has 0 atom stereocenters. The molecule has 6 rings (SSSR count). The molecule has 0 aliphatic carbocycles. The fourth-order valence-electron chi connectivity index (χ4n) is 4.74. The summed E-state index contributed by atoms with van der Waals surface area (Å²) in [6.07, 6.45) is 0. The summed E-state index contributed by atoms with van der Waals surface area (Å²) < 4.78 is 0. The van der Waals surface area contributed by atoms with Gasteiger partial charge in [-0.15, -0.1) is 0 Å². The lowest BCUT2D eigenvalue weighted by atomic mass is 9.75. The van der Waals surface area contributed by atoms with Crippen LogP contribution in [0.1, 0.15) is 0 Å². The Kier molecular flexibility index (Phi) is 3.45. The first-order valence-corrected chi connectivity index (χ1v) is 9.77. The van der Waals surface area contributed by atoms with E-state index in [1.807, 2.05) is 12.1 Å². The van der Waals surface area contributed by atoms with E-state index in [1.54, 1.807) is 6.07 Å². The molecule has 3 heteroatoms. The molecule has 0 saturated carbocycles. The average Bonchev–Trinajstić information content (AvgIpc) is 2.76. The molecule has 6 aromatic rings. The van der Waals surface area contributed by atoms with Gasteiger partial charge in [0, 0.05) is 0 Å². The van der Waals surface area contributed by atoms with Gasteiger partial charge in [0.1, 0.15) is 0 Å². The second kappa shape index (κ2) is 6.05. The van der Waals surface area contributed by atoms with Gasteiger partial charge in [-0.25, -0.2) is 0 Å². The maximum absolute atomic E-state index is 9.86. The fourth-order valence-corrected chi connectivity index (χ4v) is 4.74. The van der Waals surface area contributed by atoms with Crippen molar-refractivity contribution in [1.29, 1.82) is 0 Å². The lowest BCUT2D eigenvalue weighted by molar-refractivity contribution is 0.426. The van der Waals surface area contributed by atoms with E-state index < -0.39 is 7.12 Å². The lowest BCUT2D eigenvalue weighted by Gasteiger charge is -2.17. The molecule has 0 fully saturated rings. The number of rotatable bonds is 2. The summed E-state index contributed by atoms with van der Waals surface area (Å²) in [7, 11) is -1.49. The third kappa shape index (κ3) is 2.32. The van der Waals surface area contributed by atoms with Crippen molar-refractivity contribution in [2.45, 2.75) is 0 Å². The van der Waals surface area contributed by atoms with Crippen LogP contribution < -0.4 is 5.46 Å². The Morgan fingerprint density at radius 2 is 1.07 bits per heavy atom. The van der Waals surface area contributed by atoms with E-state index in [0.717, 1.165) is 21.5 Å². The third-order valence-electron chi connectivity index (χ3n) is 6.06. The van der Waals surface area contributed by atoms with E-state index in [1.165, 1.54) is 32.7 Å². The maximum Gasteiger partial charge on any atom is 0.489 e. The van der Waals surface area contributed by atoms with Crippen molar-refractivity contribution >= 4 is 55.7 Å². The van der Waals surface area contributed by atoms with Crippen LogP contribution in [0.15, 0.2) is 91.0 Å². The quantitative estimate of drug-likeness (QED) is 0.329. The Bertz CT molecular complexity index is 1530. The van der Waals surface area contributed by atoms with Crippen molar-refractivity contribution in [3.8, 4) is 11.1 Å². The van der Waals surface area contributed by atoms with Gasteiger partial charge in [-0.1, -0.05) is 91.0 Å². The molecule has 0 unspecified atom stereocenters. The van der Waals surface area contributed by atoms with Gasteiger partial charge >= 0.3 is 7.12 Å². The highest BCUT2D eigenvalue weighted by molar-refractivity contribution is 6.62. The van der Waals surface area contributed by atoms with Gasteiger partial charge in [0.15, 0.2) is 0 Å². The lowest BCUT2D eigenvalue weighted by Crippen LogP contribution is -2.30. The first-order chi connectivity index (χ1) is 14.2. The highest BCUT2D eigenvalue weighted by Gasteiger charge is 2.19. The van der Waals surface area contributed by atoms with Gasteiger partial charge < -0.3 is 10.0 Å². The SMILES string of the molecule is OB(O)c1ccc2ccc3c(-c4cccc5ccccc45)ccc4ccc1c2c43. The van der Waals surface area contributed by atoms with E-state index in [4.69, 9.17) is 0 Å². The second-order valence-corrected chi connectivity index (χ2v) is 7.59. The highest BCUT2D eigenvalue weighted by Crippen LogP contribution is 2.40. The first kappa shape index (κ1) is 16.5. The minimum absolute atomic E-state index is 0.544. The van der Waals surface area contributed by atoms with E-state index in [2.05, 4.69) is 72.8 Å². The summed E-state index contributed by atoms with van der Waals surface area (Å²) in [5.41, 5.74) is 2.95. The van der Waals surface area contributed by atoms with E-state index in [9.17, 15) is 10.0 Å². The van der Waals surface area contributed by atoms with Crippen molar-refractivity contribution in [3.05, 3.63) is 91.0 Å². The highest BCUT2D eigenvalue weighted by atomic mass is 16.4. The molecule has 0 aliphatic heterocycles. The predicted octanol–water partition coefficient (Wildman–Crippen LogP) is 5.08. The average molecular weight is 372 g/mol. The van der Waals surface area contributed by atoms with Crippen LogP contribution in [-0.4, -0.2) is 17.2 Å². The van der Waals surface area contributed by atoms with Crippen molar-refractivity contribution in [2.75, 3.05) is 0 Å². The number of hydrogen-bond donors (Lipinski definition) is 2. The number of fused-ring (bicyclic) bond motifs is 1. The number of benzene rings is 6. The van der Waals surface area contributed by atoms with Crippen molar-refractivity contribution in [1.82, 2.24) is 0 Å². The molecular formula is C26H17BO2. The standard InChI is InChI=1S/C26H17BO2/c28-27(29)24-15-11-18-9-13-22-21(12-8-17-10-14-23(24)26(18)25(17)22)20-7-3-5-16-4-1-2-6-19(16)20/h1-15,28-29H. The Hall–Kier alpha value is -3.40. The summed E-state index contributed by atoms with van der Waals surface area (Å²) in [6.45, 7) is 0. The van der Waals surface area contributed by atoms with Crippen molar-refractivity contribution in [3.63, 3.8) is 0 Å². The molecule has 0 amide bonds. The Morgan fingerprint density at radius 1 is 0.448 bits per heavy atom. The van der Waals surface area contributed by atoms with Gasteiger partial charge in [-0.2, -0.15) is 0 Å². The van der Waals surface area contributed by atoms with Crippen molar-refractivity contribution in [2.24, 2.45) is 0 Å². The van der Waals surface area contributed by atoms with Crippen LogP contribution in [0, 0.1) is 0 Å². The van der Waals surface area contributed by atoms with E-state index in [-0.39, 0.29) is 0 Å². The van der Waals surface area contributed by atoms with Crippen LogP contribution in [0.5, 0.6) is 0 Å². The van der Waals surface area contributed by atoms with E-state index >= 15 is 0 Å². The molecular weight excluding hydrogens is 355 g/mol. The molecule has 2 N–H and O–H groups in total. The molecule has 0 bridgehead atoms. The third-order valence-corrected chi connectivity index (χ3v) is 6.06. The minimum atomic E-state index is -1.49.